The number of fused-ring (bicyclic) bond motifs is 1. The Hall–Kier alpha value is -1.18. The fourth-order valence-corrected chi connectivity index (χ4v) is 4.67. The third-order valence-corrected chi connectivity index (χ3v) is 6.25. The number of unbranched alkanes of at least 4 members (excludes halogenated alkanes) is 3. The van der Waals surface area contributed by atoms with Gasteiger partial charge in [-0.3, -0.25) is 0 Å². The predicted octanol–water partition coefficient (Wildman–Crippen LogP) is 2.20. The van der Waals surface area contributed by atoms with Gasteiger partial charge in [0.15, 0.2) is 0 Å². The molecule has 110 valence electrons. The summed E-state index contributed by atoms with van der Waals surface area (Å²) in [4.78, 5) is 4.18. The van der Waals surface area contributed by atoms with Gasteiger partial charge in [-0.25, -0.2) is 13.4 Å². The predicted molar refractivity (Wildman–Crippen MR) is 81.6 cm³/mol. The Morgan fingerprint density at radius 3 is 2.70 bits per heavy atom. The summed E-state index contributed by atoms with van der Waals surface area (Å²) in [6, 6.07) is 5.20. The van der Waals surface area contributed by atoms with Gasteiger partial charge in [-0.2, -0.15) is 0 Å². The number of nitrogens with zero attached hydrogens (tertiary/aromatic N) is 1. The molecular weight excluding hydrogens is 296 g/mol. The van der Waals surface area contributed by atoms with Crippen LogP contribution in [0.4, 0.5) is 5.69 Å². The number of nitrogen functional groups attached to an aromatic ring is 1. The van der Waals surface area contributed by atoms with Crippen molar-refractivity contribution >= 4 is 37.1 Å². The van der Waals surface area contributed by atoms with Crippen molar-refractivity contribution in [3.8, 4) is 0 Å². The van der Waals surface area contributed by atoms with Crippen LogP contribution < -0.4 is 5.73 Å². The standard InChI is InChI=1S/C13H18N2O3S2/c14-10-5-6-11-12(9-10)19-13(15-11)20(17,18)8-4-2-1-3-7-16/h5-6,9,16H,1-4,7-8,14H2. The van der Waals surface area contributed by atoms with Gasteiger partial charge in [0, 0.05) is 12.3 Å². The van der Waals surface area contributed by atoms with E-state index < -0.39 is 9.84 Å². The van der Waals surface area contributed by atoms with Crippen molar-refractivity contribution in [2.24, 2.45) is 0 Å². The zero-order chi connectivity index (χ0) is 14.6. The van der Waals surface area contributed by atoms with E-state index in [1.54, 1.807) is 18.2 Å². The molecule has 0 aliphatic rings. The first-order chi connectivity index (χ1) is 9.53. The highest BCUT2D eigenvalue weighted by Crippen LogP contribution is 2.28. The van der Waals surface area contributed by atoms with Crippen LogP contribution in [-0.4, -0.2) is 30.9 Å². The number of sulfone groups is 1. The lowest BCUT2D eigenvalue weighted by molar-refractivity contribution is 0.283. The summed E-state index contributed by atoms with van der Waals surface area (Å²) >= 11 is 1.17. The second kappa shape index (κ2) is 6.51. The van der Waals surface area contributed by atoms with Gasteiger partial charge >= 0.3 is 0 Å². The summed E-state index contributed by atoms with van der Waals surface area (Å²) in [5, 5.41) is 8.67. The number of anilines is 1. The quantitative estimate of drug-likeness (QED) is 0.603. The molecule has 20 heavy (non-hydrogen) atoms. The number of thiazole rings is 1. The van der Waals surface area contributed by atoms with Crippen LogP contribution in [0.1, 0.15) is 25.7 Å². The monoisotopic (exact) mass is 314 g/mol. The van der Waals surface area contributed by atoms with Crippen LogP contribution in [-0.2, 0) is 9.84 Å². The van der Waals surface area contributed by atoms with Gasteiger partial charge in [0.05, 0.1) is 16.0 Å². The van der Waals surface area contributed by atoms with E-state index in [4.69, 9.17) is 10.8 Å². The minimum absolute atomic E-state index is 0.105. The molecule has 0 bridgehead atoms. The van der Waals surface area contributed by atoms with Crippen molar-refractivity contribution in [1.82, 2.24) is 4.98 Å². The summed E-state index contributed by atoms with van der Waals surface area (Å²) in [5.41, 5.74) is 6.95. The molecule has 0 aliphatic carbocycles. The average molecular weight is 314 g/mol. The smallest absolute Gasteiger partial charge is 0.210 e. The second-order valence-electron chi connectivity index (χ2n) is 4.66. The van der Waals surface area contributed by atoms with E-state index >= 15 is 0 Å². The first-order valence-electron chi connectivity index (χ1n) is 6.52. The number of aromatic nitrogens is 1. The topological polar surface area (TPSA) is 93.3 Å². The molecule has 5 nitrogen and oxygen atoms in total. The van der Waals surface area contributed by atoms with Crippen molar-refractivity contribution in [2.75, 3.05) is 18.1 Å². The first-order valence-corrected chi connectivity index (χ1v) is 8.99. The largest absolute Gasteiger partial charge is 0.399 e. The van der Waals surface area contributed by atoms with Gasteiger partial charge in [-0.05, 0) is 31.0 Å². The molecule has 0 saturated heterocycles. The van der Waals surface area contributed by atoms with E-state index in [1.165, 1.54) is 11.3 Å². The summed E-state index contributed by atoms with van der Waals surface area (Å²) in [5.74, 6) is 0.105. The normalized spacial score (nSPS) is 12.1. The molecule has 0 unspecified atom stereocenters. The highest BCUT2D eigenvalue weighted by molar-refractivity contribution is 7.93. The Morgan fingerprint density at radius 2 is 1.95 bits per heavy atom. The van der Waals surface area contributed by atoms with E-state index in [1.807, 2.05) is 0 Å². The Morgan fingerprint density at radius 1 is 1.20 bits per heavy atom. The zero-order valence-corrected chi connectivity index (χ0v) is 12.7. The van der Waals surface area contributed by atoms with Gasteiger partial charge < -0.3 is 10.8 Å². The SMILES string of the molecule is Nc1ccc2nc(S(=O)(=O)CCCCCCO)sc2c1. The molecule has 0 atom stereocenters. The number of aliphatic hydroxyl groups is 1. The molecule has 0 saturated carbocycles. The zero-order valence-electron chi connectivity index (χ0n) is 11.1. The van der Waals surface area contributed by atoms with E-state index in [0.29, 0.717) is 17.6 Å². The van der Waals surface area contributed by atoms with Crippen LogP contribution in [0.25, 0.3) is 10.2 Å². The van der Waals surface area contributed by atoms with Crippen molar-refractivity contribution in [2.45, 2.75) is 30.0 Å². The van der Waals surface area contributed by atoms with Gasteiger partial charge in [0.2, 0.25) is 14.2 Å². The van der Waals surface area contributed by atoms with Crippen LogP contribution in [0.15, 0.2) is 22.5 Å². The Bertz CT molecular complexity index is 680. The van der Waals surface area contributed by atoms with Crippen LogP contribution >= 0.6 is 11.3 Å². The van der Waals surface area contributed by atoms with Crippen LogP contribution in [0.3, 0.4) is 0 Å². The molecule has 0 amide bonds. The summed E-state index contributed by atoms with van der Waals surface area (Å²) in [6.45, 7) is 0.159. The highest BCUT2D eigenvalue weighted by Gasteiger charge is 2.19. The van der Waals surface area contributed by atoms with Crippen LogP contribution in [0.5, 0.6) is 0 Å². The fourth-order valence-electron chi connectivity index (χ4n) is 1.90. The molecule has 0 aliphatic heterocycles. The molecule has 0 fully saturated rings. The molecule has 0 radical (unpaired) electrons. The molecule has 2 aromatic rings. The Labute approximate surface area is 122 Å². The number of aliphatic hydroxyl groups excluding tert-OH is 1. The molecule has 1 aromatic carbocycles. The molecule has 7 heteroatoms. The third-order valence-electron chi connectivity index (χ3n) is 2.98. The summed E-state index contributed by atoms with van der Waals surface area (Å²) in [7, 11) is -3.32. The number of hydrogen-bond donors (Lipinski definition) is 2. The van der Waals surface area contributed by atoms with Crippen molar-refractivity contribution in [3.05, 3.63) is 18.2 Å². The minimum Gasteiger partial charge on any atom is -0.399 e. The van der Waals surface area contributed by atoms with Gasteiger partial charge in [-0.1, -0.05) is 12.8 Å². The lowest BCUT2D eigenvalue weighted by Gasteiger charge is -2.00. The second-order valence-corrected chi connectivity index (χ2v) is 7.98. The molecule has 2 rings (SSSR count). The van der Waals surface area contributed by atoms with Crippen molar-refractivity contribution < 1.29 is 13.5 Å². The summed E-state index contributed by atoms with van der Waals surface area (Å²) in [6.07, 6.45) is 2.97. The van der Waals surface area contributed by atoms with E-state index in [9.17, 15) is 8.42 Å². The third kappa shape index (κ3) is 3.68. The van der Waals surface area contributed by atoms with E-state index in [-0.39, 0.29) is 16.7 Å². The molecule has 3 N–H and O–H groups in total. The van der Waals surface area contributed by atoms with Crippen LogP contribution in [0, 0.1) is 0 Å². The Balaban J connectivity index is 2.07. The number of benzene rings is 1. The Kier molecular flexibility index (Phi) is 4.95. The first kappa shape index (κ1) is 15.2. The van der Waals surface area contributed by atoms with Crippen molar-refractivity contribution in [3.63, 3.8) is 0 Å². The maximum absolute atomic E-state index is 12.2. The number of hydrogen-bond acceptors (Lipinski definition) is 6. The highest BCUT2D eigenvalue weighted by atomic mass is 32.2. The molecule has 1 heterocycles. The molecule has 0 spiro atoms. The lowest BCUT2D eigenvalue weighted by Crippen LogP contribution is -2.06. The van der Waals surface area contributed by atoms with Gasteiger partial charge in [0.1, 0.15) is 0 Å². The maximum Gasteiger partial charge on any atom is 0.210 e. The van der Waals surface area contributed by atoms with Crippen LogP contribution in [0.2, 0.25) is 0 Å². The van der Waals surface area contributed by atoms with Gasteiger partial charge in [0.25, 0.3) is 0 Å². The maximum atomic E-state index is 12.2. The van der Waals surface area contributed by atoms with Crippen molar-refractivity contribution in [1.29, 1.82) is 0 Å². The summed E-state index contributed by atoms with van der Waals surface area (Å²) < 4.78 is 25.3. The number of nitrogens with two attached hydrogens (primary N) is 1. The van der Waals surface area contributed by atoms with E-state index in [2.05, 4.69) is 4.98 Å². The fraction of sp³-hybridized carbons (Fsp3) is 0.462. The van der Waals surface area contributed by atoms with E-state index in [0.717, 1.165) is 24.0 Å². The lowest BCUT2D eigenvalue weighted by atomic mass is 10.2. The average Bonchev–Trinajstić information content (AvgIpc) is 2.82. The number of rotatable bonds is 7. The van der Waals surface area contributed by atoms with Gasteiger partial charge in [-0.15, -0.1) is 11.3 Å². The minimum atomic E-state index is -3.32. The molecular formula is C13H18N2O3S2. The molecule has 1 aromatic heterocycles.